The number of furan rings is 1. The molecule has 0 amide bonds. The zero-order valence-corrected chi connectivity index (χ0v) is 10.9. The summed E-state index contributed by atoms with van der Waals surface area (Å²) >= 11 is 0. The number of aliphatic hydroxyl groups excluding tert-OH is 1. The molecule has 1 aromatic carbocycles. The van der Waals surface area contributed by atoms with E-state index in [9.17, 15) is 5.11 Å². The van der Waals surface area contributed by atoms with Crippen LogP contribution in [0.1, 0.15) is 43.6 Å². The average Bonchev–Trinajstić information content (AvgIpc) is 2.76. The summed E-state index contributed by atoms with van der Waals surface area (Å²) in [6.45, 7) is 5.85. The summed E-state index contributed by atoms with van der Waals surface area (Å²) in [5.74, 6) is 0.900. The first-order valence-corrected chi connectivity index (χ1v) is 6.58. The Morgan fingerprint density at radius 1 is 1.33 bits per heavy atom. The fraction of sp³-hybridized carbons (Fsp3) is 0.375. The number of rotatable bonds is 6. The summed E-state index contributed by atoms with van der Waals surface area (Å²) in [7, 11) is 0. The van der Waals surface area contributed by atoms with E-state index in [2.05, 4.69) is 13.5 Å². The highest BCUT2D eigenvalue weighted by atomic mass is 16.3. The average molecular weight is 244 g/mol. The SMILES string of the molecule is C=CC(O)c1c(CCCCC)oc2ccccc12. The van der Waals surface area contributed by atoms with Crippen LogP contribution >= 0.6 is 0 Å². The van der Waals surface area contributed by atoms with E-state index >= 15 is 0 Å². The predicted octanol–water partition coefficient (Wildman–Crippen LogP) is 4.38. The molecule has 0 bridgehead atoms. The van der Waals surface area contributed by atoms with Crippen LogP contribution in [-0.4, -0.2) is 5.11 Å². The highest BCUT2D eigenvalue weighted by Crippen LogP contribution is 2.32. The fourth-order valence-electron chi connectivity index (χ4n) is 2.28. The molecule has 2 rings (SSSR count). The van der Waals surface area contributed by atoms with Crippen molar-refractivity contribution in [3.63, 3.8) is 0 Å². The van der Waals surface area contributed by atoms with E-state index in [0.717, 1.165) is 35.1 Å². The molecule has 1 N–H and O–H groups in total. The molecular weight excluding hydrogens is 224 g/mol. The van der Waals surface area contributed by atoms with Crippen molar-refractivity contribution in [1.29, 1.82) is 0 Å². The van der Waals surface area contributed by atoms with Crippen LogP contribution < -0.4 is 0 Å². The maximum absolute atomic E-state index is 10.1. The van der Waals surface area contributed by atoms with Crippen LogP contribution in [0.5, 0.6) is 0 Å². The van der Waals surface area contributed by atoms with Gasteiger partial charge >= 0.3 is 0 Å². The monoisotopic (exact) mass is 244 g/mol. The molecule has 96 valence electrons. The molecule has 1 atom stereocenters. The number of unbranched alkanes of at least 4 members (excludes halogenated alkanes) is 2. The maximum atomic E-state index is 10.1. The van der Waals surface area contributed by atoms with Gasteiger partial charge in [0.1, 0.15) is 17.4 Å². The third-order valence-electron chi connectivity index (χ3n) is 3.24. The molecule has 18 heavy (non-hydrogen) atoms. The minimum atomic E-state index is -0.648. The lowest BCUT2D eigenvalue weighted by atomic mass is 10.0. The lowest BCUT2D eigenvalue weighted by Crippen LogP contribution is -1.96. The number of hydrogen-bond donors (Lipinski definition) is 1. The third-order valence-corrected chi connectivity index (χ3v) is 3.24. The first-order chi connectivity index (χ1) is 8.77. The van der Waals surface area contributed by atoms with Gasteiger partial charge in [-0.3, -0.25) is 0 Å². The summed E-state index contributed by atoms with van der Waals surface area (Å²) in [4.78, 5) is 0. The first-order valence-electron chi connectivity index (χ1n) is 6.58. The summed E-state index contributed by atoms with van der Waals surface area (Å²) in [6.07, 6.45) is 5.24. The third kappa shape index (κ3) is 2.49. The van der Waals surface area contributed by atoms with Crippen molar-refractivity contribution in [1.82, 2.24) is 0 Å². The largest absolute Gasteiger partial charge is 0.461 e. The molecule has 0 aliphatic carbocycles. The van der Waals surface area contributed by atoms with Crippen molar-refractivity contribution in [2.24, 2.45) is 0 Å². The molecule has 2 aromatic rings. The van der Waals surface area contributed by atoms with Gasteiger partial charge in [0.05, 0.1) is 0 Å². The second kappa shape index (κ2) is 5.87. The lowest BCUT2D eigenvalue weighted by molar-refractivity contribution is 0.227. The fourth-order valence-corrected chi connectivity index (χ4v) is 2.28. The van der Waals surface area contributed by atoms with Gasteiger partial charge in [-0.05, 0) is 12.5 Å². The van der Waals surface area contributed by atoms with Crippen molar-refractivity contribution >= 4 is 11.0 Å². The predicted molar refractivity (Wildman–Crippen MR) is 74.6 cm³/mol. The van der Waals surface area contributed by atoms with E-state index in [1.807, 2.05) is 24.3 Å². The minimum Gasteiger partial charge on any atom is -0.461 e. The molecule has 2 heteroatoms. The van der Waals surface area contributed by atoms with Crippen molar-refractivity contribution < 1.29 is 9.52 Å². The molecule has 1 aromatic heterocycles. The zero-order valence-electron chi connectivity index (χ0n) is 10.9. The summed E-state index contributed by atoms with van der Waals surface area (Å²) in [6, 6.07) is 7.85. The van der Waals surface area contributed by atoms with Crippen LogP contribution in [0.15, 0.2) is 41.3 Å². The molecule has 0 spiro atoms. The zero-order chi connectivity index (χ0) is 13.0. The molecular formula is C16H20O2. The Balaban J connectivity index is 2.40. The normalized spacial score (nSPS) is 12.8. The molecule has 0 saturated heterocycles. The van der Waals surface area contributed by atoms with E-state index in [1.54, 1.807) is 6.08 Å². The van der Waals surface area contributed by atoms with E-state index in [1.165, 1.54) is 12.8 Å². The van der Waals surface area contributed by atoms with Crippen LogP contribution in [0.3, 0.4) is 0 Å². The van der Waals surface area contributed by atoms with Gasteiger partial charge in [0, 0.05) is 17.4 Å². The van der Waals surface area contributed by atoms with Gasteiger partial charge in [-0.2, -0.15) is 0 Å². The van der Waals surface area contributed by atoms with Gasteiger partial charge in [-0.1, -0.05) is 44.0 Å². The molecule has 2 nitrogen and oxygen atoms in total. The number of benzene rings is 1. The number of aryl methyl sites for hydroxylation is 1. The van der Waals surface area contributed by atoms with E-state index in [0.29, 0.717) is 0 Å². The molecule has 1 heterocycles. The Morgan fingerprint density at radius 2 is 2.11 bits per heavy atom. The molecule has 0 saturated carbocycles. The van der Waals surface area contributed by atoms with Crippen molar-refractivity contribution in [3.8, 4) is 0 Å². The highest BCUT2D eigenvalue weighted by Gasteiger charge is 2.18. The quantitative estimate of drug-likeness (QED) is 0.604. The Morgan fingerprint density at radius 3 is 2.83 bits per heavy atom. The maximum Gasteiger partial charge on any atom is 0.134 e. The van der Waals surface area contributed by atoms with Gasteiger partial charge < -0.3 is 9.52 Å². The number of aliphatic hydroxyl groups is 1. The number of hydrogen-bond acceptors (Lipinski definition) is 2. The van der Waals surface area contributed by atoms with Gasteiger partial charge in [-0.25, -0.2) is 0 Å². The van der Waals surface area contributed by atoms with E-state index in [-0.39, 0.29) is 0 Å². The Kier molecular flexibility index (Phi) is 4.21. The standard InChI is InChI=1S/C16H20O2/c1-3-5-6-11-15-16(13(17)4-2)12-9-7-8-10-14(12)18-15/h4,7-10,13,17H,2-3,5-6,11H2,1H3. The van der Waals surface area contributed by atoms with Gasteiger partial charge in [0.25, 0.3) is 0 Å². The van der Waals surface area contributed by atoms with Gasteiger partial charge in [0.2, 0.25) is 0 Å². The number of para-hydroxylation sites is 1. The lowest BCUT2D eigenvalue weighted by Gasteiger charge is -2.06. The topological polar surface area (TPSA) is 33.4 Å². The Labute approximate surface area is 108 Å². The molecule has 0 radical (unpaired) electrons. The Bertz CT molecular complexity index is 525. The number of fused-ring (bicyclic) bond motifs is 1. The summed E-state index contributed by atoms with van der Waals surface area (Å²) < 4.78 is 5.86. The summed E-state index contributed by atoms with van der Waals surface area (Å²) in [5.41, 5.74) is 1.73. The van der Waals surface area contributed by atoms with E-state index in [4.69, 9.17) is 4.42 Å². The van der Waals surface area contributed by atoms with Crippen LogP contribution in [-0.2, 0) is 6.42 Å². The van der Waals surface area contributed by atoms with Gasteiger partial charge in [0.15, 0.2) is 0 Å². The van der Waals surface area contributed by atoms with Crippen molar-refractivity contribution in [2.75, 3.05) is 0 Å². The van der Waals surface area contributed by atoms with Crippen LogP contribution in [0.4, 0.5) is 0 Å². The molecule has 0 fully saturated rings. The van der Waals surface area contributed by atoms with Crippen LogP contribution in [0.25, 0.3) is 11.0 Å². The molecule has 1 unspecified atom stereocenters. The van der Waals surface area contributed by atoms with E-state index < -0.39 is 6.10 Å². The van der Waals surface area contributed by atoms with Crippen LogP contribution in [0, 0.1) is 0 Å². The second-order valence-corrected chi connectivity index (χ2v) is 4.57. The first kappa shape index (κ1) is 12.9. The Hall–Kier alpha value is -1.54. The minimum absolute atomic E-state index is 0.648. The molecule has 0 aliphatic heterocycles. The van der Waals surface area contributed by atoms with Gasteiger partial charge in [-0.15, -0.1) is 6.58 Å². The van der Waals surface area contributed by atoms with Crippen molar-refractivity contribution in [3.05, 3.63) is 48.2 Å². The van der Waals surface area contributed by atoms with Crippen LogP contribution in [0.2, 0.25) is 0 Å². The van der Waals surface area contributed by atoms with Crippen molar-refractivity contribution in [2.45, 2.75) is 38.7 Å². The summed E-state index contributed by atoms with van der Waals surface area (Å²) in [5, 5.41) is 11.1. The second-order valence-electron chi connectivity index (χ2n) is 4.57. The smallest absolute Gasteiger partial charge is 0.134 e. The molecule has 0 aliphatic rings. The highest BCUT2D eigenvalue weighted by molar-refractivity contribution is 5.82.